The summed E-state index contributed by atoms with van der Waals surface area (Å²) in [5, 5.41) is 28.0. The average molecular weight is 208 g/mol. The minimum atomic E-state index is -1.83. The highest BCUT2D eigenvalue weighted by Gasteiger charge is 2.01. The lowest BCUT2D eigenvalue weighted by Gasteiger charge is -2.07. The van der Waals surface area contributed by atoms with Gasteiger partial charge in [-0.3, -0.25) is 0 Å². The Morgan fingerprint density at radius 1 is 1.14 bits per heavy atom. The van der Waals surface area contributed by atoms with Crippen molar-refractivity contribution in [1.29, 1.82) is 0 Å². The zero-order valence-corrected chi connectivity index (χ0v) is 7.77. The molecule has 0 aromatic carbocycles. The number of carboxylic acids is 3. The fraction of sp³-hybridized carbons (Fsp3) is 0.167. The summed E-state index contributed by atoms with van der Waals surface area (Å²) >= 11 is 0. The van der Waals surface area contributed by atoms with E-state index in [2.05, 4.69) is 0 Å². The van der Waals surface area contributed by atoms with Gasteiger partial charge >= 0.3 is 5.97 Å². The van der Waals surface area contributed by atoms with Gasteiger partial charge in [-0.15, -0.1) is 0 Å². The molecule has 0 spiro atoms. The standard InChI is InChI=1S/C6H6O6.2H3N/c7-4(8)1-3(6(11)12)2-5(9)10;;/h1H,2H2,(H,7,8)(H,9,10)(H,11,12);2*1H3. The molecule has 0 aliphatic rings. The summed E-state index contributed by atoms with van der Waals surface area (Å²) in [7, 11) is 0. The molecule has 0 unspecified atom stereocenters. The molecule has 0 aliphatic heterocycles. The van der Waals surface area contributed by atoms with Crippen LogP contribution in [0.1, 0.15) is 6.42 Å². The monoisotopic (exact) mass is 208 g/mol. The molecule has 0 aromatic heterocycles. The summed E-state index contributed by atoms with van der Waals surface area (Å²) < 4.78 is 0. The first-order valence-electron chi connectivity index (χ1n) is 2.78. The molecule has 0 rings (SSSR count). The van der Waals surface area contributed by atoms with Crippen LogP contribution in [0.15, 0.2) is 11.6 Å². The zero-order chi connectivity index (χ0) is 9.72. The number of rotatable bonds is 4. The Morgan fingerprint density at radius 3 is 1.79 bits per heavy atom. The van der Waals surface area contributed by atoms with E-state index in [1.807, 2.05) is 0 Å². The van der Waals surface area contributed by atoms with Gasteiger partial charge in [0.1, 0.15) is 0 Å². The molecule has 0 heterocycles. The SMILES string of the molecule is O=C(O)C=C(CC(=O)[O-])C(=O)[O-].[NH4+].[NH4+]. The van der Waals surface area contributed by atoms with Crippen LogP contribution in [0.3, 0.4) is 0 Å². The van der Waals surface area contributed by atoms with E-state index < -0.39 is 29.9 Å². The van der Waals surface area contributed by atoms with Crippen molar-refractivity contribution in [1.82, 2.24) is 12.3 Å². The van der Waals surface area contributed by atoms with E-state index in [4.69, 9.17) is 5.11 Å². The summed E-state index contributed by atoms with van der Waals surface area (Å²) in [6.45, 7) is 0. The molecule has 8 heteroatoms. The first kappa shape index (κ1) is 18.0. The lowest BCUT2D eigenvalue weighted by molar-refractivity contribution is -0.309. The zero-order valence-electron chi connectivity index (χ0n) is 7.77. The second-order valence-electron chi connectivity index (χ2n) is 1.84. The van der Waals surface area contributed by atoms with Crippen molar-refractivity contribution in [3.8, 4) is 0 Å². The van der Waals surface area contributed by atoms with Gasteiger partial charge < -0.3 is 37.2 Å². The maximum Gasteiger partial charge on any atom is 0.328 e. The molecule has 0 saturated carbocycles. The van der Waals surface area contributed by atoms with E-state index in [-0.39, 0.29) is 18.4 Å². The number of hydrogen-bond acceptors (Lipinski definition) is 5. The number of carboxylic acid groups (broad SMARTS) is 3. The van der Waals surface area contributed by atoms with Gasteiger partial charge in [-0.2, -0.15) is 0 Å². The maximum atomic E-state index is 10.0. The molecule has 14 heavy (non-hydrogen) atoms. The van der Waals surface area contributed by atoms with Crippen LogP contribution < -0.4 is 22.5 Å². The average Bonchev–Trinajstić information content (AvgIpc) is 1.83. The highest BCUT2D eigenvalue weighted by molar-refractivity contribution is 5.96. The van der Waals surface area contributed by atoms with Crippen LogP contribution in [-0.2, 0) is 14.4 Å². The number of hydrogen-bond donors (Lipinski definition) is 3. The van der Waals surface area contributed by atoms with Crippen LogP contribution in [0.4, 0.5) is 0 Å². The van der Waals surface area contributed by atoms with Crippen molar-refractivity contribution in [3.63, 3.8) is 0 Å². The number of carbonyl (C=O) groups is 3. The van der Waals surface area contributed by atoms with Crippen LogP contribution in [0, 0.1) is 0 Å². The molecule has 82 valence electrons. The van der Waals surface area contributed by atoms with Gasteiger partial charge in [0.2, 0.25) is 0 Å². The summed E-state index contributed by atoms with van der Waals surface area (Å²) in [6, 6.07) is 0. The van der Waals surface area contributed by atoms with Crippen molar-refractivity contribution in [3.05, 3.63) is 11.6 Å². The van der Waals surface area contributed by atoms with E-state index in [1.165, 1.54) is 0 Å². The van der Waals surface area contributed by atoms with E-state index in [0.29, 0.717) is 0 Å². The summed E-state index contributed by atoms with van der Waals surface area (Å²) in [5.41, 5.74) is -0.831. The summed E-state index contributed by atoms with van der Waals surface area (Å²) in [4.78, 5) is 29.8. The third-order valence-electron chi connectivity index (χ3n) is 0.895. The van der Waals surface area contributed by atoms with Crippen molar-refractivity contribution in [2.75, 3.05) is 0 Å². The molecule has 0 aliphatic carbocycles. The molecule has 0 atom stereocenters. The van der Waals surface area contributed by atoms with Gasteiger partial charge in [-0.1, -0.05) is 0 Å². The summed E-state index contributed by atoms with van der Waals surface area (Å²) in [5.74, 6) is -5.05. The predicted octanol–water partition coefficient (Wildman–Crippen LogP) is -2.36. The number of carbonyl (C=O) groups excluding carboxylic acids is 2. The quantitative estimate of drug-likeness (QED) is 0.432. The Balaban J connectivity index is -0.000000605. The molecular formula is C6H12N2O6. The summed E-state index contributed by atoms with van der Waals surface area (Å²) in [6.07, 6.45) is -0.722. The van der Waals surface area contributed by atoms with Crippen LogP contribution in [0.5, 0.6) is 0 Å². The van der Waals surface area contributed by atoms with Crippen molar-refractivity contribution in [2.45, 2.75) is 6.42 Å². The topological polar surface area (TPSA) is 191 Å². The van der Waals surface area contributed by atoms with Crippen molar-refractivity contribution < 1.29 is 29.7 Å². The first-order chi connectivity index (χ1) is 5.43. The molecule has 0 saturated heterocycles. The lowest BCUT2D eigenvalue weighted by Crippen LogP contribution is -2.30. The largest absolute Gasteiger partial charge is 0.550 e. The molecule has 0 aromatic rings. The minimum Gasteiger partial charge on any atom is -0.550 e. The fourth-order valence-corrected chi connectivity index (χ4v) is 0.487. The van der Waals surface area contributed by atoms with Crippen LogP contribution >= 0.6 is 0 Å². The Bertz CT molecular complexity index is 259. The molecule has 8 nitrogen and oxygen atoms in total. The van der Waals surface area contributed by atoms with Crippen LogP contribution in [0.25, 0.3) is 0 Å². The number of quaternary nitrogens is 2. The van der Waals surface area contributed by atoms with Gasteiger partial charge in [0.05, 0.1) is 5.97 Å². The van der Waals surface area contributed by atoms with Gasteiger partial charge in [0.25, 0.3) is 0 Å². The second kappa shape index (κ2) is 7.71. The molecule has 0 radical (unpaired) electrons. The molecule has 0 bridgehead atoms. The third kappa shape index (κ3) is 8.17. The Labute approximate surface area is 79.0 Å². The fourth-order valence-electron chi connectivity index (χ4n) is 0.487. The molecular weight excluding hydrogens is 196 g/mol. The number of aliphatic carboxylic acids is 3. The minimum absolute atomic E-state index is 0. The molecule has 9 N–H and O–H groups in total. The van der Waals surface area contributed by atoms with Gasteiger partial charge in [-0.25, -0.2) is 4.79 Å². The van der Waals surface area contributed by atoms with Crippen molar-refractivity contribution >= 4 is 17.9 Å². The van der Waals surface area contributed by atoms with Crippen LogP contribution in [-0.4, -0.2) is 23.0 Å². The van der Waals surface area contributed by atoms with Crippen LogP contribution in [0.2, 0.25) is 0 Å². The third-order valence-corrected chi connectivity index (χ3v) is 0.895. The smallest absolute Gasteiger partial charge is 0.328 e. The normalized spacial score (nSPS) is 9.29. The van der Waals surface area contributed by atoms with Gasteiger partial charge in [0, 0.05) is 18.5 Å². The predicted molar refractivity (Wildman–Crippen MR) is 42.3 cm³/mol. The van der Waals surface area contributed by atoms with E-state index >= 15 is 0 Å². The highest BCUT2D eigenvalue weighted by atomic mass is 16.4. The Kier molecular flexibility index (Phi) is 9.90. The highest BCUT2D eigenvalue weighted by Crippen LogP contribution is 1.98. The van der Waals surface area contributed by atoms with E-state index in [9.17, 15) is 24.6 Å². The van der Waals surface area contributed by atoms with Gasteiger partial charge in [-0.05, 0) is 5.57 Å². The Morgan fingerprint density at radius 2 is 1.57 bits per heavy atom. The molecule has 0 amide bonds. The first-order valence-corrected chi connectivity index (χ1v) is 2.78. The molecule has 0 fully saturated rings. The van der Waals surface area contributed by atoms with E-state index in [1.54, 1.807) is 0 Å². The Hall–Kier alpha value is -1.93. The lowest BCUT2D eigenvalue weighted by atomic mass is 10.2. The van der Waals surface area contributed by atoms with Crippen molar-refractivity contribution in [2.24, 2.45) is 0 Å². The van der Waals surface area contributed by atoms with Gasteiger partial charge in [0.15, 0.2) is 0 Å². The van der Waals surface area contributed by atoms with E-state index in [0.717, 1.165) is 0 Å². The maximum absolute atomic E-state index is 10.0. The second-order valence-corrected chi connectivity index (χ2v) is 1.84.